The molecule has 100 valence electrons. The number of nitrogens with one attached hydrogen (secondary N) is 1. The van der Waals surface area contributed by atoms with E-state index in [2.05, 4.69) is 21.2 Å². The summed E-state index contributed by atoms with van der Waals surface area (Å²) in [6.45, 7) is 3.62. The zero-order valence-electron chi connectivity index (χ0n) is 10.7. The Bertz CT molecular complexity index is 599. The number of benzene rings is 2. The molecule has 0 heterocycles. The summed E-state index contributed by atoms with van der Waals surface area (Å²) in [4.78, 5) is 0. The van der Waals surface area contributed by atoms with E-state index in [1.54, 1.807) is 25.1 Å². The molecule has 0 aromatic heterocycles. The van der Waals surface area contributed by atoms with Crippen molar-refractivity contribution >= 4 is 21.6 Å². The van der Waals surface area contributed by atoms with E-state index >= 15 is 0 Å². The van der Waals surface area contributed by atoms with Crippen LogP contribution in [0.2, 0.25) is 0 Å². The molecule has 2 rings (SSSR count). The second kappa shape index (κ2) is 5.70. The second-order valence-electron chi connectivity index (χ2n) is 4.52. The maximum atomic E-state index is 13.7. The lowest BCUT2D eigenvalue weighted by Crippen LogP contribution is -2.10. The minimum Gasteiger partial charge on any atom is -0.376 e. The van der Waals surface area contributed by atoms with Crippen molar-refractivity contribution in [3.05, 3.63) is 63.6 Å². The summed E-state index contributed by atoms with van der Waals surface area (Å²) in [6.07, 6.45) is 0. The molecule has 1 unspecified atom stereocenters. The molecule has 0 radical (unpaired) electrons. The molecule has 0 aliphatic carbocycles. The van der Waals surface area contributed by atoms with Crippen LogP contribution in [0, 0.1) is 18.6 Å². The van der Waals surface area contributed by atoms with Crippen molar-refractivity contribution in [1.29, 1.82) is 0 Å². The molecule has 0 saturated heterocycles. The van der Waals surface area contributed by atoms with Gasteiger partial charge in [-0.1, -0.05) is 22.0 Å². The van der Waals surface area contributed by atoms with Crippen LogP contribution in [0.4, 0.5) is 14.5 Å². The first-order chi connectivity index (χ1) is 8.97. The van der Waals surface area contributed by atoms with Crippen molar-refractivity contribution in [3.8, 4) is 0 Å². The first-order valence-electron chi connectivity index (χ1n) is 5.95. The molecule has 0 fully saturated rings. The number of halogens is 3. The first kappa shape index (κ1) is 14.0. The van der Waals surface area contributed by atoms with Gasteiger partial charge in [-0.15, -0.1) is 0 Å². The minimum atomic E-state index is -0.331. The monoisotopic (exact) mass is 325 g/mol. The molecule has 2 aromatic carbocycles. The van der Waals surface area contributed by atoms with E-state index < -0.39 is 0 Å². The van der Waals surface area contributed by atoms with Gasteiger partial charge in [0.15, 0.2) is 0 Å². The van der Waals surface area contributed by atoms with Gasteiger partial charge in [0.2, 0.25) is 0 Å². The molecule has 4 heteroatoms. The Morgan fingerprint density at radius 3 is 2.47 bits per heavy atom. The van der Waals surface area contributed by atoms with Gasteiger partial charge in [-0.3, -0.25) is 0 Å². The molecule has 2 aromatic rings. The van der Waals surface area contributed by atoms with Crippen molar-refractivity contribution < 1.29 is 8.78 Å². The maximum Gasteiger partial charge on any atom is 0.146 e. The first-order valence-corrected chi connectivity index (χ1v) is 6.74. The average molecular weight is 326 g/mol. The van der Waals surface area contributed by atoms with Crippen LogP contribution in [0.1, 0.15) is 24.1 Å². The van der Waals surface area contributed by atoms with Gasteiger partial charge in [-0.25, -0.2) is 8.78 Å². The van der Waals surface area contributed by atoms with Crippen LogP contribution in [0.25, 0.3) is 0 Å². The fraction of sp³-hybridized carbons (Fsp3) is 0.200. The summed E-state index contributed by atoms with van der Waals surface area (Å²) in [5, 5.41) is 2.99. The lowest BCUT2D eigenvalue weighted by atomic mass is 10.1. The molecular formula is C15H14BrF2N. The molecule has 1 atom stereocenters. The van der Waals surface area contributed by atoms with Crippen molar-refractivity contribution in [2.45, 2.75) is 19.9 Å². The summed E-state index contributed by atoms with van der Waals surface area (Å²) in [7, 11) is 0. The third kappa shape index (κ3) is 3.32. The van der Waals surface area contributed by atoms with Gasteiger partial charge in [0.25, 0.3) is 0 Å². The van der Waals surface area contributed by atoms with Crippen molar-refractivity contribution in [2.24, 2.45) is 0 Å². The highest BCUT2D eigenvalue weighted by molar-refractivity contribution is 9.10. The normalized spacial score (nSPS) is 12.3. The topological polar surface area (TPSA) is 12.0 Å². The average Bonchev–Trinajstić information content (AvgIpc) is 2.35. The molecule has 19 heavy (non-hydrogen) atoms. The molecular weight excluding hydrogens is 312 g/mol. The van der Waals surface area contributed by atoms with Crippen LogP contribution >= 0.6 is 15.9 Å². The van der Waals surface area contributed by atoms with E-state index in [9.17, 15) is 8.78 Å². The Morgan fingerprint density at radius 1 is 1.05 bits per heavy atom. The second-order valence-corrected chi connectivity index (χ2v) is 5.43. The van der Waals surface area contributed by atoms with E-state index in [0.717, 1.165) is 10.0 Å². The van der Waals surface area contributed by atoms with E-state index in [0.29, 0.717) is 11.3 Å². The van der Waals surface area contributed by atoms with Gasteiger partial charge >= 0.3 is 0 Å². The Morgan fingerprint density at radius 2 is 1.79 bits per heavy atom. The Hall–Kier alpha value is -1.42. The summed E-state index contributed by atoms with van der Waals surface area (Å²) < 4.78 is 28.3. The zero-order valence-corrected chi connectivity index (χ0v) is 12.3. The maximum absolute atomic E-state index is 13.7. The van der Waals surface area contributed by atoms with Gasteiger partial charge in [0.1, 0.15) is 11.6 Å². The number of anilines is 1. The lowest BCUT2D eigenvalue weighted by Gasteiger charge is -2.17. The van der Waals surface area contributed by atoms with Gasteiger partial charge < -0.3 is 5.32 Å². The van der Waals surface area contributed by atoms with Crippen LogP contribution in [-0.4, -0.2) is 0 Å². The van der Waals surface area contributed by atoms with Crippen molar-refractivity contribution in [2.75, 3.05) is 5.32 Å². The van der Waals surface area contributed by atoms with Crippen LogP contribution in [-0.2, 0) is 0 Å². The highest BCUT2D eigenvalue weighted by atomic mass is 79.9. The fourth-order valence-electron chi connectivity index (χ4n) is 1.89. The SMILES string of the molecule is Cc1ccc(NC(C)c2cc(Br)ccc2F)c(F)c1. The van der Waals surface area contributed by atoms with Crippen molar-refractivity contribution in [1.82, 2.24) is 0 Å². The molecule has 0 spiro atoms. The predicted octanol–water partition coefficient (Wildman–Crippen LogP) is 5.21. The van der Waals surface area contributed by atoms with E-state index in [4.69, 9.17) is 0 Å². The van der Waals surface area contributed by atoms with Gasteiger partial charge in [-0.05, 0) is 49.7 Å². The molecule has 0 saturated carbocycles. The molecule has 0 amide bonds. The molecule has 0 aliphatic rings. The number of aryl methyl sites for hydroxylation is 1. The summed E-state index contributed by atoms with van der Waals surface area (Å²) >= 11 is 3.31. The van der Waals surface area contributed by atoms with Gasteiger partial charge in [0.05, 0.1) is 11.7 Å². The van der Waals surface area contributed by atoms with Gasteiger partial charge in [-0.2, -0.15) is 0 Å². The van der Waals surface area contributed by atoms with E-state index in [1.165, 1.54) is 12.1 Å². The fourth-order valence-corrected chi connectivity index (χ4v) is 2.27. The van der Waals surface area contributed by atoms with Gasteiger partial charge in [0, 0.05) is 10.0 Å². The summed E-state index contributed by atoms with van der Waals surface area (Å²) in [5.74, 6) is -0.641. The highest BCUT2D eigenvalue weighted by Gasteiger charge is 2.13. The Kier molecular flexibility index (Phi) is 4.20. The quantitative estimate of drug-likeness (QED) is 0.816. The third-order valence-electron chi connectivity index (χ3n) is 2.92. The van der Waals surface area contributed by atoms with Crippen LogP contribution < -0.4 is 5.32 Å². The van der Waals surface area contributed by atoms with Crippen molar-refractivity contribution in [3.63, 3.8) is 0 Å². The zero-order chi connectivity index (χ0) is 14.0. The number of hydrogen-bond donors (Lipinski definition) is 1. The standard InChI is InChI=1S/C15H14BrF2N/c1-9-3-6-15(14(18)7-9)19-10(2)12-8-11(16)4-5-13(12)17/h3-8,10,19H,1-2H3. The molecule has 1 N–H and O–H groups in total. The predicted molar refractivity (Wildman–Crippen MR) is 77.3 cm³/mol. The lowest BCUT2D eigenvalue weighted by molar-refractivity contribution is 0.596. The Balaban J connectivity index is 2.25. The smallest absolute Gasteiger partial charge is 0.146 e. The van der Waals surface area contributed by atoms with E-state index in [-0.39, 0.29) is 17.7 Å². The third-order valence-corrected chi connectivity index (χ3v) is 3.41. The minimum absolute atomic E-state index is 0.310. The molecule has 0 bridgehead atoms. The van der Waals surface area contributed by atoms with E-state index in [1.807, 2.05) is 13.0 Å². The number of hydrogen-bond acceptors (Lipinski definition) is 1. The Labute approximate surface area is 119 Å². The summed E-state index contributed by atoms with van der Waals surface area (Å²) in [5.41, 5.74) is 1.72. The van der Waals surface area contributed by atoms with Crippen LogP contribution in [0.3, 0.4) is 0 Å². The summed E-state index contributed by atoms with van der Waals surface area (Å²) in [6, 6.07) is 9.33. The van der Waals surface area contributed by atoms with Crippen LogP contribution in [0.15, 0.2) is 40.9 Å². The molecule has 0 aliphatic heterocycles. The molecule has 1 nitrogen and oxygen atoms in total. The number of rotatable bonds is 3. The van der Waals surface area contributed by atoms with Crippen LogP contribution in [0.5, 0.6) is 0 Å². The highest BCUT2D eigenvalue weighted by Crippen LogP contribution is 2.26. The largest absolute Gasteiger partial charge is 0.376 e.